The van der Waals surface area contributed by atoms with Gasteiger partial charge in [-0.25, -0.2) is 9.78 Å². The Balaban J connectivity index is 1.54. The van der Waals surface area contributed by atoms with Crippen molar-refractivity contribution in [2.45, 2.75) is 30.7 Å². The largest absolute Gasteiger partial charge is 0.457 e. The molecule has 4 aromatic rings. The average molecular weight is 468 g/mol. The number of hydrogen-bond acceptors (Lipinski definition) is 8. The second kappa shape index (κ2) is 9.49. The smallest absolute Gasteiger partial charge is 0.350 e. The molecule has 8 nitrogen and oxygen atoms in total. The number of nitrogens with one attached hydrogen (secondary N) is 1. The summed E-state index contributed by atoms with van der Waals surface area (Å²) in [6, 6.07) is 11.9. The number of pyridine rings is 1. The summed E-state index contributed by atoms with van der Waals surface area (Å²) in [7, 11) is 0. The molecule has 0 fully saturated rings. The molecular weight excluding hydrogens is 446 g/mol. The number of anilines is 1. The molecule has 0 aliphatic heterocycles. The molecule has 0 saturated heterocycles. The molecule has 1 unspecified atom stereocenters. The van der Waals surface area contributed by atoms with Gasteiger partial charge >= 0.3 is 5.97 Å². The van der Waals surface area contributed by atoms with Crippen LogP contribution in [0.1, 0.15) is 28.7 Å². The van der Waals surface area contributed by atoms with Crippen molar-refractivity contribution in [1.82, 2.24) is 19.6 Å². The molecule has 0 bridgehead atoms. The van der Waals surface area contributed by atoms with Crippen molar-refractivity contribution in [3.63, 3.8) is 0 Å². The van der Waals surface area contributed by atoms with E-state index < -0.39 is 11.2 Å². The minimum Gasteiger partial charge on any atom is -0.457 e. The Morgan fingerprint density at radius 3 is 2.88 bits per heavy atom. The fourth-order valence-electron chi connectivity index (χ4n) is 3.16. The predicted octanol–water partition coefficient (Wildman–Crippen LogP) is 4.50. The molecule has 0 radical (unpaired) electrons. The lowest BCUT2D eigenvalue weighted by Gasteiger charge is -2.13. The van der Waals surface area contributed by atoms with Gasteiger partial charge in [0.25, 0.3) is 0 Å². The summed E-state index contributed by atoms with van der Waals surface area (Å²) < 4.78 is 7.03. The maximum absolute atomic E-state index is 13.0. The van der Waals surface area contributed by atoms with Crippen LogP contribution in [0.3, 0.4) is 0 Å². The number of thiazole rings is 1. The summed E-state index contributed by atoms with van der Waals surface area (Å²) in [5.74, 6) is -0.696. The number of aromatic nitrogens is 4. The third-order valence-corrected chi connectivity index (χ3v) is 7.06. The van der Waals surface area contributed by atoms with Crippen LogP contribution < -0.4 is 5.32 Å². The van der Waals surface area contributed by atoms with Crippen molar-refractivity contribution in [3.8, 4) is 0 Å². The third-order valence-electron chi connectivity index (χ3n) is 4.70. The molecule has 0 aliphatic rings. The van der Waals surface area contributed by atoms with Gasteiger partial charge in [-0.1, -0.05) is 60.9 Å². The molecule has 32 heavy (non-hydrogen) atoms. The van der Waals surface area contributed by atoms with Crippen molar-refractivity contribution in [2.24, 2.45) is 0 Å². The standard InChI is InChI=1S/C22H21N5O3S2/c1-4-12-30-20(29)18-13(3)23-21(32-18)24-19(28)16(5-2)31-22-26-25-17-11-10-14-8-6-7-9-15(14)27(17)22/h4,6-11,16H,1,5,12H2,2-3H3,(H,23,24,28). The minimum atomic E-state index is -0.483. The van der Waals surface area contributed by atoms with E-state index in [1.54, 1.807) is 6.92 Å². The summed E-state index contributed by atoms with van der Waals surface area (Å²) in [4.78, 5) is 29.8. The van der Waals surface area contributed by atoms with Crippen LogP contribution in [-0.2, 0) is 9.53 Å². The van der Waals surface area contributed by atoms with Gasteiger partial charge < -0.3 is 10.1 Å². The fourth-order valence-corrected chi connectivity index (χ4v) is 5.00. The van der Waals surface area contributed by atoms with Crippen LogP contribution in [-0.4, -0.2) is 43.3 Å². The van der Waals surface area contributed by atoms with Crippen LogP contribution in [0.5, 0.6) is 0 Å². The van der Waals surface area contributed by atoms with E-state index in [1.165, 1.54) is 17.8 Å². The van der Waals surface area contributed by atoms with Crippen LogP contribution >= 0.6 is 23.1 Å². The zero-order chi connectivity index (χ0) is 22.7. The Hall–Kier alpha value is -3.24. The molecule has 10 heteroatoms. The molecule has 0 saturated carbocycles. The Labute approximate surface area is 192 Å². The number of carbonyl (C=O) groups is 2. The van der Waals surface area contributed by atoms with E-state index in [-0.39, 0.29) is 12.5 Å². The molecular formula is C22H21N5O3S2. The van der Waals surface area contributed by atoms with Crippen molar-refractivity contribution in [2.75, 3.05) is 11.9 Å². The Morgan fingerprint density at radius 1 is 1.28 bits per heavy atom. The predicted molar refractivity (Wildman–Crippen MR) is 126 cm³/mol. The second-order valence-corrected chi connectivity index (χ2v) is 9.06. The van der Waals surface area contributed by atoms with E-state index >= 15 is 0 Å². The van der Waals surface area contributed by atoms with Gasteiger partial charge in [-0.05, 0) is 36.9 Å². The number of benzene rings is 1. The van der Waals surface area contributed by atoms with Crippen molar-refractivity contribution >= 4 is 56.7 Å². The minimum absolute atomic E-state index is 0.118. The van der Waals surface area contributed by atoms with E-state index in [4.69, 9.17) is 4.74 Å². The Kier molecular flexibility index (Phi) is 6.52. The molecule has 1 atom stereocenters. The van der Waals surface area contributed by atoms with Gasteiger partial charge in [0.1, 0.15) is 11.5 Å². The lowest BCUT2D eigenvalue weighted by Crippen LogP contribution is -2.24. The molecule has 1 aromatic carbocycles. The maximum Gasteiger partial charge on any atom is 0.350 e. The Bertz CT molecular complexity index is 1310. The average Bonchev–Trinajstić information content (AvgIpc) is 3.38. The van der Waals surface area contributed by atoms with E-state index in [0.717, 1.165) is 27.9 Å². The lowest BCUT2D eigenvalue weighted by atomic mass is 10.2. The monoisotopic (exact) mass is 467 g/mol. The lowest BCUT2D eigenvalue weighted by molar-refractivity contribution is -0.115. The molecule has 3 aromatic heterocycles. The second-order valence-electron chi connectivity index (χ2n) is 6.89. The first kappa shape index (κ1) is 22.0. The molecule has 4 rings (SSSR count). The number of thioether (sulfide) groups is 1. The molecule has 0 aliphatic carbocycles. The summed E-state index contributed by atoms with van der Waals surface area (Å²) in [5, 5.41) is 13.0. The van der Waals surface area contributed by atoms with Gasteiger partial charge in [0.05, 0.1) is 16.5 Å². The van der Waals surface area contributed by atoms with Crippen molar-refractivity contribution < 1.29 is 14.3 Å². The highest BCUT2D eigenvalue weighted by Crippen LogP contribution is 2.29. The van der Waals surface area contributed by atoms with Crippen LogP contribution in [0.15, 0.2) is 54.2 Å². The van der Waals surface area contributed by atoms with E-state index in [0.29, 0.717) is 27.3 Å². The number of esters is 1. The quantitative estimate of drug-likeness (QED) is 0.231. The number of ether oxygens (including phenoxy) is 1. The fraction of sp³-hybridized carbons (Fsp3) is 0.227. The SMILES string of the molecule is C=CCOC(=O)c1sc(NC(=O)C(CC)Sc2nnc3ccc4ccccc4n23)nc1C. The normalized spacial score (nSPS) is 12.1. The Morgan fingerprint density at radius 2 is 2.09 bits per heavy atom. The number of amides is 1. The highest BCUT2D eigenvalue weighted by Gasteiger charge is 2.24. The van der Waals surface area contributed by atoms with Crippen LogP contribution in [0.2, 0.25) is 0 Å². The topological polar surface area (TPSA) is 98.5 Å². The first-order chi connectivity index (χ1) is 15.5. The molecule has 164 valence electrons. The number of hydrogen-bond donors (Lipinski definition) is 1. The highest BCUT2D eigenvalue weighted by atomic mass is 32.2. The summed E-state index contributed by atoms with van der Waals surface area (Å²) in [6.07, 6.45) is 2.08. The number of carbonyl (C=O) groups excluding carboxylic acids is 2. The molecule has 0 spiro atoms. The van der Waals surface area contributed by atoms with Gasteiger partial charge in [-0.2, -0.15) is 0 Å². The number of nitrogens with zero attached hydrogens (tertiary/aromatic N) is 4. The molecule has 3 heterocycles. The van der Waals surface area contributed by atoms with Gasteiger partial charge in [-0.3, -0.25) is 9.20 Å². The van der Waals surface area contributed by atoms with Gasteiger partial charge in [0, 0.05) is 0 Å². The number of rotatable bonds is 8. The van der Waals surface area contributed by atoms with Gasteiger partial charge in [0.15, 0.2) is 15.9 Å². The highest BCUT2D eigenvalue weighted by molar-refractivity contribution is 8.00. The summed E-state index contributed by atoms with van der Waals surface area (Å²) >= 11 is 2.44. The summed E-state index contributed by atoms with van der Waals surface area (Å²) in [6.45, 7) is 7.29. The van der Waals surface area contributed by atoms with Crippen LogP contribution in [0, 0.1) is 6.92 Å². The summed E-state index contributed by atoms with van der Waals surface area (Å²) in [5.41, 5.74) is 2.21. The maximum atomic E-state index is 13.0. The van der Waals surface area contributed by atoms with Gasteiger partial charge in [-0.15, -0.1) is 10.2 Å². The first-order valence-electron chi connectivity index (χ1n) is 9.97. The van der Waals surface area contributed by atoms with Gasteiger partial charge in [0.2, 0.25) is 5.91 Å². The van der Waals surface area contributed by atoms with E-state index in [9.17, 15) is 9.59 Å². The van der Waals surface area contributed by atoms with E-state index in [2.05, 4.69) is 27.1 Å². The third kappa shape index (κ3) is 4.37. The van der Waals surface area contributed by atoms with Crippen molar-refractivity contribution in [3.05, 3.63) is 59.6 Å². The van der Waals surface area contributed by atoms with E-state index in [1.807, 2.05) is 47.7 Å². The first-order valence-corrected chi connectivity index (χ1v) is 11.7. The number of fused-ring (bicyclic) bond motifs is 3. The van der Waals surface area contributed by atoms with Crippen LogP contribution in [0.4, 0.5) is 5.13 Å². The number of aryl methyl sites for hydroxylation is 1. The van der Waals surface area contributed by atoms with Crippen LogP contribution in [0.25, 0.3) is 16.6 Å². The van der Waals surface area contributed by atoms with Crippen molar-refractivity contribution in [1.29, 1.82) is 0 Å². The molecule has 1 amide bonds. The zero-order valence-electron chi connectivity index (χ0n) is 17.6. The molecule has 1 N–H and O–H groups in total. The number of para-hydroxylation sites is 1. The zero-order valence-corrected chi connectivity index (χ0v) is 19.2.